The SMILES string of the molecule is [C-]#[N+]c1cnn2cnnc2c1NC1CCCCC1C. The molecule has 6 nitrogen and oxygen atoms in total. The molecule has 0 aliphatic heterocycles. The largest absolute Gasteiger partial charge is 0.387 e. The van der Waals surface area contributed by atoms with Gasteiger partial charge in [0.15, 0.2) is 5.65 Å². The quantitative estimate of drug-likeness (QED) is 0.839. The molecule has 2 unspecified atom stereocenters. The molecular formula is C13H16N6. The molecule has 2 aromatic heterocycles. The maximum atomic E-state index is 7.27. The Bertz CT molecular complexity index is 626. The molecule has 0 bridgehead atoms. The number of hydrogen-bond donors (Lipinski definition) is 1. The van der Waals surface area contributed by atoms with Gasteiger partial charge in [-0.1, -0.05) is 19.8 Å². The van der Waals surface area contributed by atoms with Crippen LogP contribution in [0.4, 0.5) is 11.4 Å². The first-order chi connectivity index (χ1) is 9.29. The second-order valence-corrected chi connectivity index (χ2v) is 5.13. The second kappa shape index (κ2) is 4.84. The van der Waals surface area contributed by atoms with Gasteiger partial charge in [0.1, 0.15) is 6.33 Å². The first-order valence-corrected chi connectivity index (χ1v) is 6.62. The zero-order valence-electron chi connectivity index (χ0n) is 10.9. The van der Waals surface area contributed by atoms with E-state index < -0.39 is 0 Å². The zero-order valence-corrected chi connectivity index (χ0v) is 10.9. The molecule has 0 aromatic carbocycles. The van der Waals surface area contributed by atoms with Gasteiger partial charge in [0, 0.05) is 6.04 Å². The predicted octanol–water partition coefficient (Wildman–Crippen LogP) is 2.67. The van der Waals surface area contributed by atoms with Crippen molar-refractivity contribution in [3.8, 4) is 0 Å². The van der Waals surface area contributed by atoms with Crippen molar-refractivity contribution in [1.29, 1.82) is 0 Å². The van der Waals surface area contributed by atoms with Gasteiger partial charge in [0.25, 0.3) is 0 Å². The fraction of sp³-hybridized carbons (Fsp3) is 0.538. The number of nitrogens with one attached hydrogen (secondary N) is 1. The Morgan fingerprint density at radius 1 is 1.42 bits per heavy atom. The minimum Gasteiger partial charge on any atom is -0.387 e. The highest BCUT2D eigenvalue weighted by molar-refractivity contribution is 5.81. The Hall–Kier alpha value is -2.16. The summed E-state index contributed by atoms with van der Waals surface area (Å²) in [6, 6.07) is 0.400. The van der Waals surface area contributed by atoms with E-state index in [4.69, 9.17) is 6.57 Å². The van der Waals surface area contributed by atoms with Gasteiger partial charge in [-0.15, -0.1) is 10.2 Å². The van der Waals surface area contributed by atoms with Crippen molar-refractivity contribution in [2.24, 2.45) is 5.92 Å². The van der Waals surface area contributed by atoms with Crippen molar-refractivity contribution in [2.45, 2.75) is 38.6 Å². The van der Waals surface area contributed by atoms with Crippen molar-refractivity contribution in [2.75, 3.05) is 5.32 Å². The van der Waals surface area contributed by atoms with E-state index in [-0.39, 0.29) is 0 Å². The molecule has 1 N–H and O–H groups in total. The number of hydrogen-bond acceptors (Lipinski definition) is 4. The molecule has 1 fully saturated rings. The second-order valence-electron chi connectivity index (χ2n) is 5.13. The molecule has 1 aliphatic rings. The zero-order chi connectivity index (χ0) is 13.2. The average molecular weight is 256 g/mol. The highest BCUT2D eigenvalue weighted by Gasteiger charge is 2.23. The van der Waals surface area contributed by atoms with Crippen LogP contribution in [0.1, 0.15) is 32.6 Å². The Labute approximate surface area is 111 Å². The summed E-state index contributed by atoms with van der Waals surface area (Å²) >= 11 is 0. The molecule has 1 aliphatic carbocycles. The number of aromatic nitrogens is 4. The van der Waals surface area contributed by atoms with Crippen LogP contribution in [-0.4, -0.2) is 25.9 Å². The van der Waals surface area contributed by atoms with E-state index in [1.165, 1.54) is 19.3 Å². The maximum absolute atomic E-state index is 7.27. The van der Waals surface area contributed by atoms with Crippen LogP contribution in [0.15, 0.2) is 12.5 Å². The van der Waals surface area contributed by atoms with E-state index in [1.807, 2.05) is 0 Å². The van der Waals surface area contributed by atoms with Gasteiger partial charge in [0.2, 0.25) is 5.69 Å². The van der Waals surface area contributed by atoms with Crippen LogP contribution in [0.5, 0.6) is 0 Å². The summed E-state index contributed by atoms with van der Waals surface area (Å²) in [5, 5.41) is 15.5. The Morgan fingerprint density at radius 3 is 3.05 bits per heavy atom. The lowest BCUT2D eigenvalue weighted by molar-refractivity contribution is 0.350. The molecule has 3 rings (SSSR count). The van der Waals surface area contributed by atoms with Gasteiger partial charge in [-0.2, -0.15) is 5.10 Å². The summed E-state index contributed by atoms with van der Waals surface area (Å²) in [6.45, 7) is 9.53. The molecular weight excluding hydrogens is 240 g/mol. The number of rotatable bonds is 2. The number of nitrogens with zero attached hydrogens (tertiary/aromatic N) is 5. The lowest BCUT2D eigenvalue weighted by Crippen LogP contribution is -2.30. The molecule has 1 saturated carbocycles. The van der Waals surface area contributed by atoms with Crippen LogP contribution in [0.3, 0.4) is 0 Å². The molecule has 2 atom stereocenters. The van der Waals surface area contributed by atoms with E-state index >= 15 is 0 Å². The Balaban J connectivity index is 1.98. The highest BCUT2D eigenvalue weighted by atomic mass is 15.3. The summed E-state index contributed by atoms with van der Waals surface area (Å²) in [6.07, 6.45) is 8.03. The summed E-state index contributed by atoms with van der Waals surface area (Å²) < 4.78 is 1.60. The van der Waals surface area contributed by atoms with Crippen molar-refractivity contribution >= 4 is 17.0 Å². The van der Waals surface area contributed by atoms with E-state index in [2.05, 4.69) is 32.4 Å². The Morgan fingerprint density at radius 2 is 2.26 bits per heavy atom. The van der Waals surface area contributed by atoms with Crippen LogP contribution in [0, 0.1) is 12.5 Å². The van der Waals surface area contributed by atoms with E-state index in [0.717, 1.165) is 12.1 Å². The van der Waals surface area contributed by atoms with Crippen LogP contribution < -0.4 is 5.32 Å². The lowest BCUT2D eigenvalue weighted by atomic mass is 9.86. The van der Waals surface area contributed by atoms with Crippen molar-refractivity contribution in [3.05, 3.63) is 23.9 Å². The maximum Gasteiger partial charge on any atom is 0.232 e. The van der Waals surface area contributed by atoms with Crippen LogP contribution in [0.2, 0.25) is 0 Å². The Kier molecular flexibility index (Phi) is 3.03. The predicted molar refractivity (Wildman–Crippen MR) is 72.1 cm³/mol. The van der Waals surface area contributed by atoms with Crippen LogP contribution in [0.25, 0.3) is 10.5 Å². The van der Waals surface area contributed by atoms with Gasteiger partial charge >= 0.3 is 0 Å². The molecule has 2 heterocycles. The molecule has 0 saturated heterocycles. The fourth-order valence-corrected chi connectivity index (χ4v) is 2.71. The minimum atomic E-state index is 0.400. The van der Waals surface area contributed by atoms with E-state index in [9.17, 15) is 0 Å². The molecule has 98 valence electrons. The summed E-state index contributed by atoms with van der Waals surface area (Å²) in [5.74, 6) is 0.614. The summed E-state index contributed by atoms with van der Waals surface area (Å²) in [4.78, 5) is 3.53. The van der Waals surface area contributed by atoms with Crippen LogP contribution in [-0.2, 0) is 0 Å². The van der Waals surface area contributed by atoms with E-state index in [0.29, 0.717) is 23.3 Å². The molecule has 0 amide bonds. The molecule has 0 radical (unpaired) electrons. The van der Waals surface area contributed by atoms with Gasteiger partial charge in [-0.3, -0.25) is 0 Å². The molecule has 6 heteroatoms. The van der Waals surface area contributed by atoms with Gasteiger partial charge in [-0.05, 0) is 18.8 Å². The van der Waals surface area contributed by atoms with E-state index in [1.54, 1.807) is 17.0 Å². The first kappa shape index (κ1) is 11.9. The summed E-state index contributed by atoms with van der Waals surface area (Å²) in [5.41, 5.74) is 1.91. The first-order valence-electron chi connectivity index (χ1n) is 6.62. The topological polar surface area (TPSA) is 59.5 Å². The smallest absolute Gasteiger partial charge is 0.232 e. The fourth-order valence-electron chi connectivity index (χ4n) is 2.71. The molecule has 2 aromatic rings. The number of anilines is 1. The van der Waals surface area contributed by atoms with Gasteiger partial charge in [0.05, 0.1) is 18.5 Å². The highest BCUT2D eigenvalue weighted by Crippen LogP contribution is 2.32. The standard InChI is InChI=1S/C13H16N6/c1-9-5-3-4-6-10(9)17-12-11(14-2)7-16-19-8-15-18-13(12)19/h7-10,17H,3-6H2,1H3. The number of fused-ring (bicyclic) bond motifs is 1. The van der Waals surface area contributed by atoms with Crippen LogP contribution >= 0.6 is 0 Å². The molecule has 0 spiro atoms. The van der Waals surface area contributed by atoms with Gasteiger partial charge < -0.3 is 5.32 Å². The normalized spacial score (nSPS) is 23.2. The molecule has 19 heavy (non-hydrogen) atoms. The third kappa shape index (κ3) is 2.12. The van der Waals surface area contributed by atoms with Crippen molar-refractivity contribution in [3.63, 3.8) is 0 Å². The average Bonchev–Trinajstić information content (AvgIpc) is 2.90. The van der Waals surface area contributed by atoms with Crippen molar-refractivity contribution in [1.82, 2.24) is 19.8 Å². The van der Waals surface area contributed by atoms with Crippen molar-refractivity contribution < 1.29 is 0 Å². The third-order valence-corrected chi connectivity index (χ3v) is 3.88. The van der Waals surface area contributed by atoms with Gasteiger partial charge in [-0.25, -0.2) is 9.36 Å². The third-order valence-electron chi connectivity index (χ3n) is 3.88. The monoisotopic (exact) mass is 256 g/mol. The summed E-state index contributed by atoms with van der Waals surface area (Å²) in [7, 11) is 0. The minimum absolute atomic E-state index is 0.400. The lowest BCUT2D eigenvalue weighted by Gasteiger charge is -2.30.